The van der Waals surface area contributed by atoms with Gasteiger partial charge in [0, 0.05) is 32.3 Å². The van der Waals surface area contributed by atoms with E-state index < -0.39 is 0 Å². The molecule has 0 bridgehead atoms. The van der Waals surface area contributed by atoms with Crippen molar-refractivity contribution in [3.8, 4) is 0 Å². The topological polar surface area (TPSA) is 35.5 Å². The maximum absolute atomic E-state index is 9.35. The minimum atomic E-state index is 0.0692. The van der Waals surface area contributed by atoms with Gasteiger partial charge in [0.1, 0.15) is 0 Å². The number of likely N-dealkylation sites (tertiary alicyclic amines) is 1. The smallest absolute Gasteiger partial charge is 0.0482 e. The Hall–Kier alpha value is -0.900. The molecule has 1 aliphatic carbocycles. The number of hydrogen-bond donors (Lipinski definition) is 2. The lowest BCUT2D eigenvalue weighted by molar-refractivity contribution is 0.147. The fourth-order valence-electron chi connectivity index (χ4n) is 4.52. The fourth-order valence-corrected chi connectivity index (χ4v) is 4.52. The summed E-state index contributed by atoms with van der Waals surface area (Å²) in [5, 5.41) is 13.2. The molecular formula is C21H34N2O. The standard InChI is InChI=1S/C21H34N2O/c1-21(2,16-24)11-6-12-22-20-10-9-18-14-23(15-19(18)20)13-17-7-4-3-5-8-17/h3-5,7-8,18-20,22,24H,6,9-16H2,1-2H3. The van der Waals surface area contributed by atoms with Crippen molar-refractivity contribution >= 4 is 0 Å². The summed E-state index contributed by atoms with van der Waals surface area (Å²) in [6, 6.07) is 11.6. The van der Waals surface area contributed by atoms with Gasteiger partial charge < -0.3 is 10.4 Å². The molecule has 1 aliphatic heterocycles. The molecule has 24 heavy (non-hydrogen) atoms. The normalized spacial score (nSPS) is 27.5. The molecular weight excluding hydrogens is 296 g/mol. The van der Waals surface area contributed by atoms with Gasteiger partial charge in [-0.25, -0.2) is 0 Å². The third-order valence-corrected chi connectivity index (χ3v) is 6.05. The minimum absolute atomic E-state index is 0.0692. The van der Waals surface area contributed by atoms with Gasteiger partial charge >= 0.3 is 0 Å². The molecule has 3 heteroatoms. The molecule has 3 unspecified atom stereocenters. The van der Waals surface area contributed by atoms with Gasteiger partial charge in [-0.1, -0.05) is 44.2 Å². The predicted octanol–water partition coefficient (Wildman–Crippen LogP) is 3.29. The summed E-state index contributed by atoms with van der Waals surface area (Å²) in [7, 11) is 0. The number of nitrogens with zero attached hydrogens (tertiary/aromatic N) is 1. The lowest BCUT2D eigenvalue weighted by Gasteiger charge is -2.24. The van der Waals surface area contributed by atoms with Gasteiger partial charge in [0.05, 0.1) is 0 Å². The van der Waals surface area contributed by atoms with Crippen molar-refractivity contribution < 1.29 is 5.11 Å². The molecule has 1 aromatic rings. The summed E-state index contributed by atoms with van der Waals surface area (Å²) in [6.45, 7) is 9.31. The molecule has 0 radical (unpaired) electrons. The zero-order valence-corrected chi connectivity index (χ0v) is 15.4. The van der Waals surface area contributed by atoms with Crippen LogP contribution in [0.15, 0.2) is 30.3 Å². The zero-order chi connectivity index (χ0) is 17.0. The van der Waals surface area contributed by atoms with E-state index in [9.17, 15) is 5.11 Å². The molecule has 3 rings (SSSR count). The van der Waals surface area contributed by atoms with E-state index in [4.69, 9.17) is 0 Å². The van der Waals surface area contributed by atoms with E-state index in [-0.39, 0.29) is 12.0 Å². The maximum atomic E-state index is 9.35. The van der Waals surface area contributed by atoms with Crippen LogP contribution in [0, 0.1) is 17.3 Å². The largest absolute Gasteiger partial charge is 0.396 e. The second-order valence-electron chi connectivity index (χ2n) is 8.67. The van der Waals surface area contributed by atoms with Crippen LogP contribution in [0.1, 0.15) is 45.1 Å². The zero-order valence-electron chi connectivity index (χ0n) is 15.4. The average molecular weight is 331 g/mol. The van der Waals surface area contributed by atoms with Crippen LogP contribution in [0.25, 0.3) is 0 Å². The van der Waals surface area contributed by atoms with Crippen LogP contribution >= 0.6 is 0 Å². The summed E-state index contributed by atoms with van der Waals surface area (Å²) in [6.07, 6.45) is 4.99. The first kappa shape index (κ1) is 17.9. The second kappa shape index (κ2) is 7.99. The first-order valence-electron chi connectivity index (χ1n) is 9.68. The van der Waals surface area contributed by atoms with Crippen molar-refractivity contribution in [1.29, 1.82) is 0 Å². The SMILES string of the molecule is CC(C)(CO)CCCNC1CCC2CN(Cc3ccccc3)CC21. The highest BCUT2D eigenvalue weighted by Gasteiger charge is 2.42. The molecule has 0 amide bonds. The highest BCUT2D eigenvalue weighted by Crippen LogP contribution is 2.38. The Morgan fingerprint density at radius 1 is 1.17 bits per heavy atom. The Labute approximate surface area is 147 Å². The van der Waals surface area contributed by atoms with Crippen LogP contribution in [0.2, 0.25) is 0 Å². The third kappa shape index (κ3) is 4.59. The fraction of sp³-hybridized carbons (Fsp3) is 0.714. The number of nitrogens with one attached hydrogen (secondary N) is 1. The molecule has 1 saturated heterocycles. The Balaban J connectivity index is 1.42. The van der Waals surface area contributed by atoms with Crippen LogP contribution in [0.3, 0.4) is 0 Å². The molecule has 2 aliphatic rings. The Bertz CT molecular complexity index is 502. The highest BCUT2D eigenvalue weighted by atomic mass is 16.3. The lowest BCUT2D eigenvalue weighted by Crippen LogP contribution is -2.36. The van der Waals surface area contributed by atoms with E-state index >= 15 is 0 Å². The van der Waals surface area contributed by atoms with Gasteiger partial charge in [-0.2, -0.15) is 0 Å². The van der Waals surface area contributed by atoms with Crippen molar-refractivity contribution in [3.63, 3.8) is 0 Å². The summed E-state index contributed by atoms with van der Waals surface area (Å²) in [4.78, 5) is 2.65. The molecule has 1 heterocycles. The van der Waals surface area contributed by atoms with Gasteiger partial charge in [0.15, 0.2) is 0 Å². The molecule has 2 N–H and O–H groups in total. The van der Waals surface area contributed by atoms with Gasteiger partial charge in [-0.3, -0.25) is 4.90 Å². The van der Waals surface area contributed by atoms with Crippen molar-refractivity contribution in [1.82, 2.24) is 10.2 Å². The monoisotopic (exact) mass is 330 g/mol. The molecule has 0 aromatic heterocycles. The number of fused-ring (bicyclic) bond motifs is 1. The van der Waals surface area contributed by atoms with E-state index in [0.717, 1.165) is 37.8 Å². The molecule has 2 fully saturated rings. The van der Waals surface area contributed by atoms with Gasteiger partial charge in [-0.15, -0.1) is 0 Å². The first-order chi connectivity index (χ1) is 11.6. The van der Waals surface area contributed by atoms with E-state index in [1.807, 2.05) is 0 Å². The van der Waals surface area contributed by atoms with Crippen molar-refractivity contribution in [2.45, 2.75) is 52.1 Å². The van der Waals surface area contributed by atoms with E-state index in [1.54, 1.807) is 0 Å². The van der Waals surface area contributed by atoms with Crippen molar-refractivity contribution in [2.24, 2.45) is 17.3 Å². The summed E-state index contributed by atoms with van der Waals surface area (Å²) >= 11 is 0. The van der Waals surface area contributed by atoms with Crippen LogP contribution < -0.4 is 5.32 Å². The molecule has 1 aromatic carbocycles. The molecule has 1 saturated carbocycles. The Kier molecular flexibility index (Phi) is 5.96. The Morgan fingerprint density at radius 3 is 2.71 bits per heavy atom. The summed E-state index contributed by atoms with van der Waals surface area (Å²) in [5.74, 6) is 1.72. The second-order valence-corrected chi connectivity index (χ2v) is 8.67. The predicted molar refractivity (Wildman–Crippen MR) is 99.8 cm³/mol. The van der Waals surface area contributed by atoms with E-state index in [0.29, 0.717) is 6.04 Å². The first-order valence-corrected chi connectivity index (χ1v) is 9.68. The van der Waals surface area contributed by atoms with Crippen molar-refractivity contribution in [2.75, 3.05) is 26.2 Å². The maximum Gasteiger partial charge on any atom is 0.0482 e. The molecule has 134 valence electrons. The summed E-state index contributed by atoms with van der Waals surface area (Å²) in [5.41, 5.74) is 1.51. The molecule has 3 atom stereocenters. The van der Waals surface area contributed by atoms with E-state index in [1.165, 1.54) is 31.5 Å². The highest BCUT2D eigenvalue weighted by molar-refractivity contribution is 5.15. The van der Waals surface area contributed by atoms with Crippen LogP contribution in [-0.2, 0) is 6.54 Å². The third-order valence-electron chi connectivity index (χ3n) is 6.05. The number of rotatable bonds is 8. The van der Waals surface area contributed by atoms with E-state index in [2.05, 4.69) is 54.4 Å². The lowest BCUT2D eigenvalue weighted by atomic mass is 9.89. The number of hydrogen-bond acceptors (Lipinski definition) is 3. The molecule has 3 nitrogen and oxygen atoms in total. The number of aliphatic hydroxyl groups is 1. The van der Waals surface area contributed by atoms with Crippen LogP contribution in [-0.4, -0.2) is 42.3 Å². The van der Waals surface area contributed by atoms with Crippen LogP contribution in [0.4, 0.5) is 0 Å². The minimum Gasteiger partial charge on any atom is -0.396 e. The van der Waals surface area contributed by atoms with Gasteiger partial charge in [-0.05, 0) is 55.0 Å². The molecule has 0 spiro atoms. The Morgan fingerprint density at radius 2 is 1.96 bits per heavy atom. The van der Waals surface area contributed by atoms with Crippen LogP contribution in [0.5, 0.6) is 0 Å². The number of benzene rings is 1. The van der Waals surface area contributed by atoms with Gasteiger partial charge in [0.25, 0.3) is 0 Å². The summed E-state index contributed by atoms with van der Waals surface area (Å²) < 4.78 is 0. The number of aliphatic hydroxyl groups excluding tert-OH is 1. The average Bonchev–Trinajstić information content (AvgIpc) is 3.13. The van der Waals surface area contributed by atoms with Gasteiger partial charge in [0.2, 0.25) is 0 Å². The van der Waals surface area contributed by atoms with Crippen molar-refractivity contribution in [3.05, 3.63) is 35.9 Å². The quantitative estimate of drug-likeness (QED) is 0.718.